The van der Waals surface area contributed by atoms with E-state index in [1.807, 2.05) is 0 Å². The molecule has 0 aromatic carbocycles. The maximum absolute atomic E-state index is 10.8. The van der Waals surface area contributed by atoms with Crippen molar-refractivity contribution in [3.63, 3.8) is 0 Å². The van der Waals surface area contributed by atoms with Crippen LogP contribution in [-0.2, 0) is 0 Å². The second kappa shape index (κ2) is 7.07. The number of hydrogen-bond acceptors (Lipinski definition) is 6. The van der Waals surface area contributed by atoms with Crippen molar-refractivity contribution in [3.05, 3.63) is 21.6 Å². The highest BCUT2D eigenvalue weighted by Gasteiger charge is 2.16. The highest BCUT2D eigenvalue weighted by molar-refractivity contribution is 6.28. The summed E-state index contributed by atoms with van der Waals surface area (Å²) in [6, 6.07) is 0. The number of nitrogens with zero attached hydrogens (tertiary/aromatic N) is 4. The molecule has 0 bridgehead atoms. The molecule has 0 atom stereocenters. The Kier molecular flexibility index (Phi) is 5.73. The standard InChI is InChI=1S/C10H16ClN5O2/c1-3-15(4-2)6-5-12-9-8(16(17)18)7-13-10(11)14-9/h7H,3-6H2,1-2H3,(H,12,13,14). The van der Waals surface area contributed by atoms with Gasteiger partial charge in [0.2, 0.25) is 11.1 Å². The molecule has 0 fully saturated rings. The fourth-order valence-electron chi connectivity index (χ4n) is 1.49. The topological polar surface area (TPSA) is 84.2 Å². The SMILES string of the molecule is CCN(CC)CCNc1nc(Cl)ncc1[N+](=O)[O-]. The summed E-state index contributed by atoms with van der Waals surface area (Å²) in [4.78, 5) is 19.9. The molecule has 0 aliphatic heterocycles. The molecule has 18 heavy (non-hydrogen) atoms. The molecule has 1 N–H and O–H groups in total. The van der Waals surface area contributed by atoms with Crippen molar-refractivity contribution >= 4 is 23.1 Å². The summed E-state index contributed by atoms with van der Waals surface area (Å²) >= 11 is 5.62. The summed E-state index contributed by atoms with van der Waals surface area (Å²) < 4.78 is 0. The van der Waals surface area contributed by atoms with Gasteiger partial charge in [0.15, 0.2) is 0 Å². The Morgan fingerprint density at radius 1 is 1.50 bits per heavy atom. The number of halogens is 1. The predicted octanol–water partition coefficient (Wildman–Crippen LogP) is 1.79. The summed E-state index contributed by atoms with van der Waals surface area (Å²) in [6.45, 7) is 7.35. The molecule has 1 heterocycles. The van der Waals surface area contributed by atoms with Crippen LogP contribution in [0, 0.1) is 10.1 Å². The maximum Gasteiger partial charge on any atom is 0.329 e. The van der Waals surface area contributed by atoms with E-state index in [0.29, 0.717) is 6.54 Å². The fraction of sp³-hybridized carbons (Fsp3) is 0.600. The monoisotopic (exact) mass is 273 g/mol. The molecule has 100 valence electrons. The first-order chi connectivity index (χ1) is 8.58. The Morgan fingerprint density at radius 3 is 2.72 bits per heavy atom. The van der Waals surface area contributed by atoms with Crippen LogP contribution in [0.3, 0.4) is 0 Å². The van der Waals surface area contributed by atoms with Gasteiger partial charge in [0.25, 0.3) is 0 Å². The molecule has 0 unspecified atom stereocenters. The van der Waals surface area contributed by atoms with Gasteiger partial charge in [-0.3, -0.25) is 10.1 Å². The lowest BCUT2D eigenvalue weighted by atomic mass is 10.4. The van der Waals surface area contributed by atoms with Gasteiger partial charge in [0.1, 0.15) is 6.20 Å². The van der Waals surface area contributed by atoms with Gasteiger partial charge in [-0.2, -0.15) is 4.98 Å². The molecule has 0 spiro atoms. The molecule has 1 aromatic rings. The lowest BCUT2D eigenvalue weighted by Crippen LogP contribution is -2.28. The summed E-state index contributed by atoms with van der Waals surface area (Å²) in [5.74, 6) is 0.159. The fourth-order valence-corrected chi connectivity index (χ4v) is 1.62. The molecular formula is C10H16ClN5O2. The third-order valence-corrected chi connectivity index (χ3v) is 2.73. The van der Waals surface area contributed by atoms with Gasteiger partial charge in [-0.1, -0.05) is 13.8 Å². The van der Waals surface area contributed by atoms with Crippen LogP contribution in [0.4, 0.5) is 11.5 Å². The van der Waals surface area contributed by atoms with Crippen LogP contribution >= 0.6 is 11.6 Å². The summed E-state index contributed by atoms with van der Waals surface area (Å²) in [5.41, 5.74) is -0.168. The van der Waals surface area contributed by atoms with Crippen LogP contribution in [0.1, 0.15) is 13.8 Å². The molecule has 0 aliphatic rings. The van der Waals surface area contributed by atoms with Gasteiger partial charge in [-0.25, -0.2) is 4.98 Å². The quantitative estimate of drug-likeness (QED) is 0.463. The number of aromatic nitrogens is 2. The number of rotatable bonds is 7. The van der Waals surface area contributed by atoms with Crippen molar-refractivity contribution in [2.24, 2.45) is 0 Å². The molecule has 1 rings (SSSR count). The minimum Gasteiger partial charge on any atom is -0.363 e. The zero-order valence-corrected chi connectivity index (χ0v) is 11.1. The van der Waals surface area contributed by atoms with Gasteiger partial charge < -0.3 is 10.2 Å². The average Bonchev–Trinajstić information content (AvgIpc) is 2.34. The van der Waals surface area contributed by atoms with Crippen LogP contribution < -0.4 is 5.32 Å². The van der Waals surface area contributed by atoms with Crippen molar-refractivity contribution in [1.82, 2.24) is 14.9 Å². The molecule has 7 nitrogen and oxygen atoms in total. The van der Waals surface area contributed by atoms with Gasteiger partial charge in [0, 0.05) is 13.1 Å². The first-order valence-corrected chi connectivity index (χ1v) is 6.09. The Labute approximate surface area is 110 Å². The normalized spacial score (nSPS) is 10.7. The predicted molar refractivity (Wildman–Crippen MR) is 70.0 cm³/mol. The molecule has 1 aromatic heterocycles. The smallest absolute Gasteiger partial charge is 0.329 e. The molecule has 0 saturated carbocycles. The Morgan fingerprint density at radius 2 is 2.17 bits per heavy atom. The maximum atomic E-state index is 10.8. The summed E-state index contributed by atoms with van der Waals surface area (Å²) in [7, 11) is 0. The van der Waals surface area contributed by atoms with Crippen molar-refractivity contribution in [2.45, 2.75) is 13.8 Å². The van der Waals surface area contributed by atoms with Crippen LogP contribution in [0.25, 0.3) is 0 Å². The highest BCUT2D eigenvalue weighted by atomic mass is 35.5. The summed E-state index contributed by atoms with van der Waals surface area (Å²) in [5, 5.41) is 13.7. The van der Waals surface area contributed by atoms with E-state index in [-0.39, 0.29) is 16.8 Å². The zero-order chi connectivity index (χ0) is 13.5. The van der Waals surface area contributed by atoms with E-state index in [9.17, 15) is 10.1 Å². The Balaban J connectivity index is 2.66. The van der Waals surface area contributed by atoms with E-state index in [1.165, 1.54) is 0 Å². The number of hydrogen-bond donors (Lipinski definition) is 1. The zero-order valence-electron chi connectivity index (χ0n) is 10.4. The first kappa shape index (κ1) is 14.6. The molecule has 8 heteroatoms. The van der Waals surface area contributed by atoms with Gasteiger partial charge in [0.05, 0.1) is 4.92 Å². The average molecular weight is 274 g/mol. The number of nitro groups is 1. The lowest BCUT2D eigenvalue weighted by molar-refractivity contribution is -0.384. The van der Waals surface area contributed by atoms with Gasteiger partial charge in [-0.15, -0.1) is 0 Å². The van der Waals surface area contributed by atoms with Gasteiger partial charge in [-0.05, 0) is 24.7 Å². The van der Waals surface area contributed by atoms with Crippen molar-refractivity contribution in [2.75, 3.05) is 31.5 Å². The third-order valence-electron chi connectivity index (χ3n) is 2.55. The van der Waals surface area contributed by atoms with E-state index in [4.69, 9.17) is 11.6 Å². The van der Waals surface area contributed by atoms with Crippen LogP contribution in [0.5, 0.6) is 0 Å². The summed E-state index contributed by atoms with van der Waals surface area (Å²) in [6.07, 6.45) is 1.11. The van der Waals surface area contributed by atoms with E-state index in [1.54, 1.807) is 0 Å². The minimum absolute atomic E-state index is 0.00839. The second-order valence-corrected chi connectivity index (χ2v) is 3.92. The molecular weight excluding hydrogens is 258 g/mol. The molecule has 0 aliphatic carbocycles. The molecule has 0 amide bonds. The van der Waals surface area contributed by atoms with E-state index < -0.39 is 4.92 Å². The van der Waals surface area contributed by atoms with Crippen LogP contribution in [0.15, 0.2) is 6.20 Å². The number of nitrogens with one attached hydrogen (secondary N) is 1. The lowest BCUT2D eigenvalue weighted by Gasteiger charge is -2.18. The second-order valence-electron chi connectivity index (χ2n) is 3.58. The first-order valence-electron chi connectivity index (χ1n) is 5.71. The third kappa shape index (κ3) is 4.08. The van der Waals surface area contributed by atoms with E-state index in [2.05, 4.69) is 34.0 Å². The van der Waals surface area contributed by atoms with Gasteiger partial charge >= 0.3 is 5.69 Å². The highest BCUT2D eigenvalue weighted by Crippen LogP contribution is 2.21. The minimum atomic E-state index is -0.532. The van der Waals surface area contributed by atoms with Crippen molar-refractivity contribution in [3.8, 4) is 0 Å². The number of likely N-dealkylation sites (N-methyl/N-ethyl adjacent to an activating group) is 1. The van der Waals surface area contributed by atoms with E-state index in [0.717, 1.165) is 25.8 Å². The Bertz CT molecular complexity index is 411. The van der Waals surface area contributed by atoms with Crippen LogP contribution in [0.2, 0.25) is 5.28 Å². The molecule has 0 saturated heterocycles. The van der Waals surface area contributed by atoms with Crippen molar-refractivity contribution in [1.29, 1.82) is 0 Å². The van der Waals surface area contributed by atoms with E-state index >= 15 is 0 Å². The van der Waals surface area contributed by atoms with Crippen LogP contribution in [-0.4, -0.2) is 46.0 Å². The van der Waals surface area contributed by atoms with Crippen molar-refractivity contribution < 1.29 is 4.92 Å². The Hall–Kier alpha value is -1.47. The molecule has 0 radical (unpaired) electrons. The largest absolute Gasteiger partial charge is 0.363 e. The number of anilines is 1.